The lowest BCUT2D eigenvalue weighted by Crippen LogP contribution is -2.35. The van der Waals surface area contributed by atoms with E-state index in [0.29, 0.717) is 5.57 Å². The van der Waals surface area contributed by atoms with Gasteiger partial charge in [0.05, 0.1) is 0 Å². The van der Waals surface area contributed by atoms with Crippen LogP contribution in [0.3, 0.4) is 0 Å². The Balaban J connectivity index is 2.74. The molecule has 0 amide bonds. The molecule has 17 heavy (non-hydrogen) atoms. The number of carbonyl (C=O) groups is 1. The molecule has 0 radical (unpaired) electrons. The maximum absolute atomic E-state index is 11.5. The van der Waals surface area contributed by atoms with Crippen molar-refractivity contribution in [2.24, 2.45) is 0 Å². The van der Waals surface area contributed by atoms with E-state index in [1.165, 1.54) is 0 Å². The van der Waals surface area contributed by atoms with E-state index in [-0.39, 0.29) is 12.2 Å². The zero-order chi connectivity index (χ0) is 12.8. The number of para-hydroxylation sites is 1. The molecule has 0 aliphatic carbocycles. The molecule has 1 aromatic carbocycles. The maximum Gasteiger partial charge on any atom is 0.335 e. The Kier molecular flexibility index (Phi) is 4.76. The number of carbonyl (C=O) groups excluding carboxylic acids is 1. The SMILES string of the molecule is C=C(C)C(=O)OC(CC)N(C)c1ccccc1. The minimum absolute atomic E-state index is 0.262. The molecule has 0 aromatic heterocycles. The molecule has 1 atom stereocenters. The van der Waals surface area contributed by atoms with Crippen molar-refractivity contribution in [1.82, 2.24) is 0 Å². The van der Waals surface area contributed by atoms with Crippen LogP contribution in [0.2, 0.25) is 0 Å². The summed E-state index contributed by atoms with van der Waals surface area (Å²) in [5.41, 5.74) is 1.44. The van der Waals surface area contributed by atoms with E-state index in [9.17, 15) is 4.79 Å². The zero-order valence-electron chi connectivity index (χ0n) is 10.6. The minimum atomic E-state index is -0.348. The molecule has 0 heterocycles. The fraction of sp³-hybridized carbons (Fsp3) is 0.357. The summed E-state index contributed by atoms with van der Waals surface area (Å²) in [5, 5.41) is 0. The summed E-state index contributed by atoms with van der Waals surface area (Å²) in [4.78, 5) is 13.4. The lowest BCUT2D eigenvalue weighted by molar-refractivity contribution is -0.144. The van der Waals surface area contributed by atoms with Crippen molar-refractivity contribution < 1.29 is 9.53 Å². The van der Waals surface area contributed by atoms with Crippen LogP contribution in [-0.4, -0.2) is 19.2 Å². The summed E-state index contributed by atoms with van der Waals surface area (Å²) in [6, 6.07) is 9.84. The van der Waals surface area contributed by atoms with E-state index < -0.39 is 0 Å². The van der Waals surface area contributed by atoms with Crippen molar-refractivity contribution in [1.29, 1.82) is 0 Å². The van der Waals surface area contributed by atoms with Gasteiger partial charge < -0.3 is 9.64 Å². The second-order valence-electron chi connectivity index (χ2n) is 3.99. The molecular formula is C14H19NO2. The topological polar surface area (TPSA) is 29.5 Å². The van der Waals surface area contributed by atoms with Crippen LogP contribution < -0.4 is 4.90 Å². The number of hydrogen-bond donors (Lipinski definition) is 0. The van der Waals surface area contributed by atoms with Gasteiger partial charge in [-0.25, -0.2) is 4.79 Å². The van der Waals surface area contributed by atoms with Crippen molar-refractivity contribution in [2.45, 2.75) is 26.5 Å². The van der Waals surface area contributed by atoms with Crippen LogP contribution in [0.5, 0.6) is 0 Å². The summed E-state index contributed by atoms with van der Waals surface area (Å²) in [7, 11) is 1.91. The monoisotopic (exact) mass is 233 g/mol. The van der Waals surface area contributed by atoms with Crippen LogP contribution in [-0.2, 0) is 9.53 Å². The van der Waals surface area contributed by atoms with Gasteiger partial charge in [0, 0.05) is 24.7 Å². The Morgan fingerprint density at radius 2 is 2.00 bits per heavy atom. The van der Waals surface area contributed by atoms with E-state index in [0.717, 1.165) is 12.1 Å². The Hall–Kier alpha value is -1.77. The van der Waals surface area contributed by atoms with E-state index in [4.69, 9.17) is 4.74 Å². The van der Waals surface area contributed by atoms with Crippen molar-refractivity contribution in [2.75, 3.05) is 11.9 Å². The first-order chi connectivity index (χ1) is 8.06. The minimum Gasteiger partial charge on any atom is -0.438 e. The van der Waals surface area contributed by atoms with Gasteiger partial charge in [-0.15, -0.1) is 0 Å². The maximum atomic E-state index is 11.5. The van der Waals surface area contributed by atoms with Gasteiger partial charge in [-0.2, -0.15) is 0 Å². The Morgan fingerprint density at radius 3 is 2.47 bits per heavy atom. The Labute approximate surface area is 103 Å². The van der Waals surface area contributed by atoms with Gasteiger partial charge in [0.1, 0.15) is 0 Å². The largest absolute Gasteiger partial charge is 0.438 e. The summed E-state index contributed by atoms with van der Waals surface area (Å²) in [6.07, 6.45) is 0.464. The van der Waals surface area contributed by atoms with Gasteiger partial charge in [-0.3, -0.25) is 0 Å². The summed E-state index contributed by atoms with van der Waals surface area (Å²) in [5.74, 6) is -0.348. The van der Waals surface area contributed by atoms with Gasteiger partial charge in [-0.1, -0.05) is 31.7 Å². The van der Waals surface area contributed by atoms with Crippen LogP contribution in [0.15, 0.2) is 42.5 Å². The standard InChI is InChI=1S/C14H19NO2/c1-5-13(17-14(16)11(2)3)15(4)12-9-7-6-8-10-12/h6-10,13H,2,5H2,1,3-4H3. The van der Waals surface area contributed by atoms with Crippen LogP contribution in [0.25, 0.3) is 0 Å². The van der Waals surface area contributed by atoms with Gasteiger partial charge in [0.25, 0.3) is 0 Å². The van der Waals surface area contributed by atoms with E-state index >= 15 is 0 Å². The van der Waals surface area contributed by atoms with Crippen molar-refractivity contribution in [3.63, 3.8) is 0 Å². The highest BCUT2D eigenvalue weighted by Gasteiger charge is 2.17. The average Bonchev–Trinajstić information content (AvgIpc) is 2.35. The highest BCUT2D eigenvalue weighted by atomic mass is 16.6. The lowest BCUT2D eigenvalue weighted by Gasteiger charge is -2.28. The third-order valence-electron chi connectivity index (χ3n) is 2.54. The molecule has 1 unspecified atom stereocenters. The normalized spacial score (nSPS) is 11.7. The molecule has 0 aliphatic rings. The number of hydrogen-bond acceptors (Lipinski definition) is 3. The van der Waals surface area contributed by atoms with Crippen LogP contribution in [0.4, 0.5) is 5.69 Å². The molecule has 3 heteroatoms. The fourth-order valence-corrected chi connectivity index (χ4v) is 1.49. The number of ether oxygens (including phenoxy) is 1. The molecule has 0 aliphatic heterocycles. The van der Waals surface area contributed by atoms with Crippen molar-refractivity contribution in [3.8, 4) is 0 Å². The first-order valence-electron chi connectivity index (χ1n) is 5.70. The van der Waals surface area contributed by atoms with Gasteiger partial charge in [0.15, 0.2) is 6.23 Å². The molecular weight excluding hydrogens is 214 g/mol. The fourth-order valence-electron chi connectivity index (χ4n) is 1.49. The predicted octanol–water partition coefficient (Wildman–Crippen LogP) is 2.98. The third kappa shape index (κ3) is 3.63. The molecule has 0 spiro atoms. The first-order valence-corrected chi connectivity index (χ1v) is 5.70. The Bertz CT molecular complexity index is 386. The smallest absolute Gasteiger partial charge is 0.335 e. The first kappa shape index (κ1) is 13.3. The second-order valence-corrected chi connectivity index (χ2v) is 3.99. The van der Waals surface area contributed by atoms with Crippen LogP contribution >= 0.6 is 0 Å². The molecule has 3 nitrogen and oxygen atoms in total. The number of rotatable bonds is 5. The van der Waals surface area contributed by atoms with E-state index in [1.807, 2.05) is 49.2 Å². The molecule has 0 fully saturated rings. The van der Waals surface area contributed by atoms with Gasteiger partial charge >= 0.3 is 5.97 Å². The number of anilines is 1. The molecule has 92 valence electrons. The number of benzene rings is 1. The molecule has 1 aromatic rings. The van der Waals surface area contributed by atoms with Crippen molar-refractivity contribution >= 4 is 11.7 Å². The lowest BCUT2D eigenvalue weighted by atomic mass is 10.2. The number of nitrogens with zero attached hydrogens (tertiary/aromatic N) is 1. The average molecular weight is 233 g/mol. The highest BCUT2D eigenvalue weighted by Crippen LogP contribution is 2.17. The Morgan fingerprint density at radius 1 is 1.41 bits per heavy atom. The summed E-state index contributed by atoms with van der Waals surface area (Å²) >= 11 is 0. The van der Waals surface area contributed by atoms with Gasteiger partial charge in [0.2, 0.25) is 0 Å². The molecule has 0 saturated carbocycles. The molecule has 1 rings (SSSR count). The van der Waals surface area contributed by atoms with Crippen LogP contribution in [0, 0.1) is 0 Å². The zero-order valence-corrected chi connectivity index (χ0v) is 10.6. The van der Waals surface area contributed by atoms with Gasteiger partial charge in [-0.05, 0) is 19.1 Å². The highest BCUT2D eigenvalue weighted by molar-refractivity contribution is 5.87. The second kappa shape index (κ2) is 6.09. The van der Waals surface area contributed by atoms with Crippen molar-refractivity contribution in [3.05, 3.63) is 42.5 Å². The predicted molar refractivity (Wildman–Crippen MR) is 69.8 cm³/mol. The van der Waals surface area contributed by atoms with Crippen LogP contribution in [0.1, 0.15) is 20.3 Å². The van der Waals surface area contributed by atoms with E-state index in [1.54, 1.807) is 6.92 Å². The third-order valence-corrected chi connectivity index (χ3v) is 2.54. The molecule has 0 saturated heterocycles. The summed E-state index contributed by atoms with van der Waals surface area (Å²) < 4.78 is 5.36. The molecule has 0 N–H and O–H groups in total. The quantitative estimate of drug-likeness (QED) is 0.445. The number of esters is 1. The molecule has 0 bridgehead atoms. The summed E-state index contributed by atoms with van der Waals surface area (Å²) in [6.45, 7) is 7.21. The van der Waals surface area contributed by atoms with E-state index in [2.05, 4.69) is 6.58 Å².